The Balaban J connectivity index is 0.000000383. The molecule has 2 N–H and O–H groups in total. The first-order valence-electron chi connectivity index (χ1n) is 10.0. The van der Waals surface area contributed by atoms with Gasteiger partial charge in [-0.3, -0.25) is 9.89 Å². The van der Waals surface area contributed by atoms with E-state index in [4.69, 9.17) is 9.90 Å². The molecule has 0 saturated carbocycles. The molecule has 0 radical (unpaired) electrons. The van der Waals surface area contributed by atoms with Crippen molar-refractivity contribution >= 4 is 11.9 Å². The lowest BCUT2D eigenvalue weighted by Crippen LogP contribution is -2.33. The maximum atomic E-state index is 13.1. The second-order valence-electron chi connectivity index (χ2n) is 7.50. The van der Waals surface area contributed by atoms with Crippen LogP contribution in [0.25, 0.3) is 11.3 Å². The summed E-state index contributed by atoms with van der Waals surface area (Å²) >= 11 is 0. The summed E-state index contributed by atoms with van der Waals surface area (Å²) in [4.78, 5) is 23.4. The monoisotopic (exact) mass is 463 g/mol. The van der Waals surface area contributed by atoms with Crippen molar-refractivity contribution in [3.63, 3.8) is 0 Å². The second kappa shape index (κ2) is 9.85. The molecule has 2 heterocycles. The number of hydrogen-bond donors (Lipinski definition) is 2. The number of H-pyrrole nitrogens is 1. The molecule has 1 aliphatic heterocycles. The van der Waals surface area contributed by atoms with Gasteiger partial charge in [0.05, 0.1) is 5.69 Å². The van der Waals surface area contributed by atoms with E-state index < -0.39 is 12.1 Å². The van der Waals surface area contributed by atoms with Crippen LogP contribution >= 0.6 is 0 Å². The van der Waals surface area contributed by atoms with Gasteiger partial charge in [-0.1, -0.05) is 29.8 Å². The van der Waals surface area contributed by atoms with Crippen LogP contribution in [0.4, 0.5) is 17.6 Å². The molecule has 1 aliphatic rings. The minimum Gasteiger partial charge on any atom is -0.475 e. The third kappa shape index (κ3) is 5.97. The molecule has 6 nitrogen and oxygen atoms in total. The molecule has 0 saturated heterocycles. The molecular weight excluding hydrogens is 442 g/mol. The van der Waals surface area contributed by atoms with Crippen molar-refractivity contribution in [3.8, 4) is 11.3 Å². The van der Waals surface area contributed by atoms with E-state index in [0.29, 0.717) is 18.7 Å². The summed E-state index contributed by atoms with van der Waals surface area (Å²) in [6, 6.07) is 14.1. The number of benzene rings is 2. The molecule has 1 aromatic heterocycles. The van der Waals surface area contributed by atoms with Crippen LogP contribution in [0, 0.1) is 12.7 Å². The van der Waals surface area contributed by atoms with Crippen LogP contribution in [0.2, 0.25) is 0 Å². The fourth-order valence-corrected chi connectivity index (χ4v) is 3.41. The quantitative estimate of drug-likeness (QED) is 0.552. The Kier molecular flexibility index (Phi) is 7.15. The molecule has 0 atom stereocenters. The molecule has 10 heteroatoms. The second-order valence-corrected chi connectivity index (χ2v) is 7.50. The molecule has 0 fully saturated rings. The summed E-state index contributed by atoms with van der Waals surface area (Å²) in [6.07, 6.45) is -3.59. The number of carbonyl (C=O) groups excluding carboxylic acids is 1. The molecular formula is C23H21F4N3O3. The number of aromatic nitrogens is 2. The molecule has 2 aromatic carbocycles. The van der Waals surface area contributed by atoms with Gasteiger partial charge in [0, 0.05) is 41.9 Å². The van der Waals surface area contributed by atoms with E-state index in [1.54, 1.807) is 12.1 Å². The molecule has 174 valence electrons. The lowest BCUT2D eigenvalue weighted by molar-refractivity contribution is -0.192. The number of amides is 1. The highest BCUT2D eigenvalue weighted by molar-refractivity contribution is 5.94. The number of halogens is 4. The van der Waals surface area contributed by atoms with Gasteiger partial charge in [0.1, 0.15) is 5.82 Å². The predicted molar refractivity (Wildman–Crippen MR) is 112 cm³/mol. The predicted octanol–water partition coefficient (Wildman–Crippen LogP) is 4.40. The van der Waals surface area contributed by atoms with Crippen LogP contribution in [0.1, 0.15) is 27.2 Å². The van der Waals surface area contributed by atoms with E-state index in [1.165, 1.54) is 23.3 Å². The van der Waals surface area contributed by atoms with Crippen molar-refractivity contribution < 1.29 is 32.3 Å². The van der Waals surface area contributed by atoms with Crippen LogP contribution in [-0.2, 0) is 17.6 Å². The largest absolute Gasteiger partial charge is 0.490 e. The zero-order valence-electron chi connectivity index (χ0n) is 17.6. The minimum atomic E-state index is -5.08. The molecule has 4 rings (SSSR count). The molecule has 0 aliphatic carbocycles. The summed E-state index contributed by atoms with van der Waals surface area (Å²) in [6.45, 7) is 3.31. The fourth-order valence-electron chi connectivity index (χ4n) is 3.41. The summed E-state index contributed by atoms with van der Waals surface area (Å²) in [5, 5.41) is 14.8. The molecule has 0 bridgehead atoms. The van der Waals surface area contributed by atoms with Gasteiger partial charge in [-0.15, -0.1) is 0 Å². The van der Waals surface area contributed by atoms with Crippen LogP contribution in [0.3, 0.4) is 0 Å². The van der Waals surface area contributed by atoms with Gasteiger partial charge in [0.15, 0.2) is 0 Å². The number of alkyl halides is 3. The van der Waals surface area contributed by atoms with Gasteiger partial charge in [-0.05, 0) is 37.6 Å². The maximum Gasteiger partial charge on any atom is 0.490 e. The van der Waals surface area contributed by atoms with Crippen molar-refractivity contribution in [1.29, 1.82) is 0 Å². The van der Waals surface area contributed by atoms with E-state index >= 15 is 0 Å². The van der Waals surface area contributed by atoms with Crippen molar-refractivity contribution in [2.24, 2.45) is 0 Å². The number of carboxylic acids is 1. The first-order chi connectivity index (χ1) is 15.6. The first-order valence-corrected chi connectivity index (χ1v) is 10.0. The average molecular weight is 463 g/mol. The van der Waals surface area contributed by atoms with Gasteiger partial charge in [0.2, 0.25) is 0 Å². The zero-order valence-corrected chi connectivity index (χ0v) is 17.6. The van der Waals surface area contributed by atoms with Gasteiger partial charge >= 0.3 is 12.1 Å². The van der Waals surface area contributed by atoms with E-state index in [-0.39, 0.29) is 11.7 Å². The summed E-state index contributed by atoms with van der Waals surface area (Å²) < 4.78 is 44.8. The SMILES string of the molecule is Cc1ccc(-c2n[nH]c3c2CCN(C(=O)c2ccc(F)cc2)CC3)cc1.O=C(O)C(F)(F)F. The van der Waals surface area contributed by atoms with Crippen LogP contribution in [0.5, 0.6) is 0 Å². The molecule has 3 aromatic rings. The lowest BCUT2D eigenvalue weighted by atomic mass is 10.0. The smallest absolute Gasteiger partial charge is 0.475 e. The number of nitrogens with one attached hydrogen (secondary N) is 1. The summed E-state index contributed by atoms with van der Waals surface area (Å²) in [5.41, 5.74) is 6.07. The van der Waals surface area contributed by atoms with Crippen LogP contribution < -0.4 is 0 Å². The van der Waals surface area contributed by atoms with Gasteiger partial charge in [-0.25, -0.2) is 9.18 Å². The van der Waals surface area contributed by atoms with Crippen LogP contribution in [-0.4, -0.2) is 51.3 Å². The van der Waals surface area contributed by atoms with E-state index in [9.17, 15) is 22.4 Å². The molecule has 1 amide bonds. The summed E-state index contributed by atoms with van der Waals surface area (Å²) in [5.74, 6) is -3.14. The number of aliphatic carboxylic acids is 1. The highest BCUT2D eigenvalue weighted by Gasteiger charge is 2.38. The number of aromatic amines is 1. The number of hydrogen-bond acceptors (Lipinski definition) is 3. The Morgan fingerprint density at radius 2 is 1.58 bits per heavy atom. The third-order valence-electron chi connectivity index (χ3n) is 5.16. The number of carbonyl (C=O) groups is 2. The highest BCUT2D eigenvalue weighted by atomic mass is 19.4. The summed E-state index contributed by atoms with van der Waals surface area (Å²) in [7, 11) is 0. The van der Waals surface area contributed by atoms with Crippen molar-refractivity contribution in [1.82, 2.24) is 15.1 Å². The van der Waals surface area contributed by atoms with E-state index in [1.807, 2.05) is 4.90 Å². The van der Waals surface area contributed by atoms with Crippen LogP contribution in [0.15, 0.2) is 48.5 Å². The van der Waals surface area contributed by atoms with Crippen molar-refractivity contribution in [2.75, 3.05) is 13.1 Å². The first kappa shape index (κ1) is 24.0. The Morgan fingerprint density at radius 3 is 2.15 bits per heavy atom. The Labute approximate surface area is 186 Å². The maximum absolute atomic E-state index is 13.1. The normalized spacial score (nSPS) is 13.4. The third-order valence-corrected chi connectivity index (χ3v) is 5.16. The van der Waals surface area contributed by atoms with Gasteiger partial charge in [-0.2, -0.15) is 18.3 Å². The highest BCUT2D eigenvalue weighted by Crippen LogP contribution is 2.27. The minimum absolute atomic E-state index is 0.0556. The standard InChI is InChI=1S/C21H20FN3O.C2HF3O2/c1-14-2-4-15(5-3-14)20-18-10-12-25(13-11-19(18)23-24-20)21(26)16-6-8-17(22)9-7-16;3-2(4,5)1(6)7/h2-9H,10-13H2,1H3,(H,23,24);(H,6,7). The van der Waals surface area contributed by atoms with Crippen molar-refractivity contribution in [3.05, 3.63) is 76.7 Å². The Bertz CT molecular complexity index is 1120. The van der Waals surface area contributed by atoms with Gasteiger partial charge in [0.25, 0.3) is 5.91 Å². The number of rotatable bonds is 2. The number of fused-ring (bicyclic) bond motifs is 1. The van der Waals surface area contributed by atoms with E-state index in [0.717, 1.165) is 29.8 Å². The number of aryl methyl sites for hydroxylation is 1. The molecule has 0 unspecified atom stereocenters. The lowest BCUT2D eigenvalue weighted by Gasteiger charge is -2.20. The topological polar surface area (TPSA) is 86.3 Å². The molecule has 0 spiro atoms. The van der Waals surface area contributed by atoms with Gasteiger partial charge < -0.3 is 10.0 Å². The molecule has 33 heavy (non-hydrogen) atoms. The Morgan fingerprint density at radius 1 is 1.00 bits per heavy atom. The van der Waals surface area contributed by atoms with E-state index in [2.05, 4.69) is 41.4 Å². The number of carboxylic acid groups (broad SMARTS) is 1. The Hall–Kier alpha value is -3.69. The number of nitrogens with zero attached hydrogens (tertiary/aromatic N) is 2. The van der Waals surface area contributed by atoms with Crippen molar-refractivity contribution in [2.45, 2.75) is 25.9 Å². The fraction of sp³-hybridized carbons (Fsp3) is 0.261. The average Bonchev–Trinajstić information content (AvgIpc) is 3.05. The zero-order chi connectivity index (χ0) is 24.2.